The molecule has 0 aliphatic carbocycles. The average molecular weight is 324 g/mol. The highest BCUT2D eigenvalue weighted by Crippen LogP contribution is 2.31. The molecule has 3 rings (SSSR count). The van der Waals surface area contributed by atoms with Crippen molar-refractivity contribution in [3.63, 3.8) is 0 Å². The Hall–Kier alpha value is -2.17. The highest BCUT2D eigenvalue weighted by atomic mass is 16.5. The van der Waals surface area contributed by atoms with E-state index >= 15 is 0 Å². The molecule has 2 aromatic carbocycles. The summed E-state index contributed by atoms with van der Waals surface area (Å²) in [5, 5.41) is 0. The Morgan fingerprint density at radius 2 is 1.75 bits per heavy atom. The zero-order valence-electron chi connectivity index (χ0n) is 14.4. The predicted octanol–water partition coefficient (Wildman–Crippen LogP) is 2.79. The van der Waals surface area contributed by atoms with Crippen LogP contribution in [-0.2, 0) is 0 Å². The molecule has 1 heterocycles. The van der Waals surface area contributed by atoms with Gasteiger partial charge in [-0.1, -0.05) is 30.3 Å². The first-order valence-electron chi connectivity index (χ1n) is 8.35. The molecule has 126 valence electrons. The molecular formula is C20H24N2O2. The first-order valence-corrected chi connectivity index (χ1v) is 8.35. The van der Waals surface area contributed by atoms with Gasteiger partial charge in [0.1, 0.15) is 5.75 Å². The van der Waals surface area contributed by atoms with E-state index in [0.717, 1.165) is 48.6 Å². The van der Waals surface area contributed by atoms with Crippen LogP contribution in [0.25, 0.3) is 11.1 Å². The van der Waals surface area contributed by atoms with Crippen LogP contribution in [0.1, 0.15) is 10.4 Å². The maximum absolute atomic E-state index is 12.7. The van der Waals surface area contributed by atoms with Gasteiger partial charge in [0.2, 0.25) is 0 Å². The molecule has 24 heavy (non-hydrogen) atoms. The number of rotatable bonds is 5. The van der Waals surface area contributed by atoms with Crippen molar-refractivity contribution >= 4 is 5.78 Å². The molecule has 1 aliphatic heterocycles. The summed E-state index contributed by atoms with van der Waals surface area (Å²) in [5.74, 6) is 0.955. The third-order valence-corrected chi connectivity index (χ3v) is 4.57. The van der Waals surface area contributed by atoms with Gasteiger partial charge in [-0.25, -0.2) is 0 Å². The molecule has 1 fully saturated rings. The van der Waals surface area contributed by atoms with Crippen molar-refractivity contribution in [3.05, 3.63) is 54.1 Å². The van der Waals surface area contributed by atoms with Crippen LogP contribution in [0.3, 0.4) is 0 Å². The number of hydrogen-bond acceptors (Lipinski definition) is 4. The summed E-state index contributed by atoms with van der Waals surface area (Å²) in [7, 11) is 3.78. The van der Waals surface area contributed by atoms with Crippen LogP contribution >= 0.6 is 0 Å². The van der Waals surface area contributed by atoms with Crippen LogP contribution in [0.15, 0.2) is 48.5 Å². The molecule has 4 heteroatoms. The number of likely N-dealkylation sites (N-methyl/N-ethyl adjacent to an activating group) is 1. The van der Waals surface area contributed by atoms with Gasteiger partial charge in [-0.05, 0) is 30.8 Å². The first-order chi connectivity index (χ1) is 11.7. The van der Waals surface area contributed by atoms with Crippen molar-refractivity contribution in [2.75, 3.05) is 46.9 Å². The van der Waals surface area contributed by atoms with Crippen molar-refractivity contribution in [2.45, 2.75) is 0 Å². The van der Waals surface area contributed by atoms with Gasteiger partial charge in [-0.15, -0.1) is 0 Å². The number of carbonyl (C=O) groups excluding carboxylic acids is 1. The summed E-state index contributed by atoms with van der Waals surface area (Å²) in [6.07, 6.45) is 0. The number of benzene rings is 2. The van der Waals surface area contributed by atoms with E-state index in [-0.39, 0.29) is 5.78 Å². The molecule has 0 saturated carbocycles. The molecular weight excluding hydrogens is 300 g/mol. The number of methoxy groups -OCH3 is 1. The second-order valence-electron chi connectivity index (χ2n) is 6.28. The Balaban J connectivity index is 1.80. The maximum atomic E-state index is 12.7. The van der Waals surface area contributed by atoms with Gasteiger partial charge in [0.05, 0.1) is 13.7 Å². The topological polar surface area (TPSA) is 32.8 Å². The van der Waals surface area contributed by atoms with E-state index in [4.69, 9.17) is 4.74 Å². The van der Waals surface area contributed by atoms with E-state index in [9.17, 15) is 4.79 Å². The van der Waals surface area contributed by atoms with Crippen molar-refractivity contribution in [3.8, 4) is 16.9 Å². The quantitative estimate of drug-likeness (QED) is 0.792. The monoisotopic (exact) mass is 324 g/mol. The second kappa shape index (κ2) is 7.60. The maximum Gasteiger partial charge on any atom is 0.176 e. The molecule has 4 nitrogen and oxygen atoms in total. The molecule has 0 bridgehead atoms. The van der Waals surface area contributed by atoms with E-state index in [1.807, 2.05) is 48.5 Å². The number of piperazine rings is 1. The van der Waals surface area contributed by atoms with Gasteiger partial charge >= 0.3 is 0 Å². The van der Waals surface area contributed by atoms with Gasteiger partial charge in [-0.2, -0.15) is 0 Å². The highest BCUT2D eigenvalue weighted by Gasteiger charge is 2.18. The van der Waals surface area contributed by atoms with E-state index in [2.05, 4.69) is 16.8 Å². The number of carbonyl (C=O) groups is 1. The molecule has 0 unspecified atom stereocenters. The SMILES string of the molecule is COc1ccc(C(=O)CN2CCN(C)CC2)cc1-c1ccccc1. The van der Waals surface area contributed by atoms with E-state index in [1.165, 1.54) is 0 Å². The Morgan fingerprint density at radius 1 is 1.04 bits per heavy atom. The fourth-order valence-corrected chi connectivity index (χ4v) is 3.03. The molecule has 0 aromatic heterocycles. The normalized spacial score (nSPS) is 16.1. The third-order valence-electron chi connectivity index (χ3n) is 4.57. The smallest absolute Gasteiger partial charge is 0.176 e. The molecule has 0 spiro atoms. The minimum Gasteiger partial charge on any atom is -0.496 e. The third kappa shape index (κ3) is 3.83. The van der Waals surface area contributed by atoms with Crippen LogP contribution in [0.5, 0.6) is 5.75 Å². The predicted molar refractivity (Wildman–Crippen MR) is 96.7 cm³/mol. The fraction of sp³-hybridized carbons (Fsp3) is 0.350. The van der Waals surface area contributed by atoms with Crippen LogP contribution in [0, 0.1) is 0 Å². The lowest BCUT2D eigenvalue weighted by Gasteiger charge is -2.31. The van der Waals surface area contributed by atoms with E-state index in [1.54, 1.807) is 7.11 Å². The first kappa shape index (κ1) is 16.7. The average Bonchev–Trinajstić information content (AvgIpc) is 2.63. The van der Waals surface area contributed by atoms with Crippen LogP contribution in [0.2, 0.25) is 0 Å². The number of ether oxygens (including phenoxy) is 1. The molecule has 1 saturated heterocycles. The van der Waals surface area contributed by atoms with Gasteiger partial charge < -0.3 is 9.64 Å². The van der Waals surface area contributed by atoms with E-state index < -0.39 is 0 Å². The van der Waals surface area contributed by atoms with Crippen molar-refractivity contribution in [1.29, 1.82) is 0 Å². The molecule has 2 aromatic rings. The molecule has 0 atom stereocenters. The van der Waals surface area contributed by atoms with E-state index in [0.29, 0.717) is 6.54 Å². The molecule has 0 N–H and O–H groups in total. The van der Waals surface area contributed by atoms with Gasteiger partial charge in [0.25, 0.3) is 0 Å². The number of ketones is 1. The standard InChI is InChI=1S/C20H24N2O2/c1-21-10-12-22(13-11-21)15-19(23)17-8-9-20(24-2)18(14-17)16-6-4-3-5-7-16/h3-9,14H,10-13,15H2,1-2H3. The minimum absolute atomic E-state index is 0.166. The summed E-state index contributed by atoms with van der Waals surface area (Å²) < 4.78 is 5.47. The van der Waals surface area contributed by atoms with Crippen molar-refractivity contribution in [1.82, 2.24) is 9.80 Å². The summed E-state index contributed by atoms with van der Waals surface area (Å²) in [6, 6.07) is 15.7. The summed E-state index contributed by atoms with van der Waals surface area (Å²) in [6.45, 7) is 4.42. The Bertz CT molecular complexity index is 692. The molecule has 0 radical (unpaired) electrons. The lowest BCUT2D eigenvalue weighted by atomic mass is 10.00. The minimum atomic E-state index is 0.166. The Morgan fingerprint density at radius 3 is 2.42 bits per heavy atom. The second-order valence-corrected chi connectivity index (χ2v) is 6.28. The summed E-state index contributed by atoms with van der Waals surface area (Å²) in [4.78, 5) is 17.2. The molecule has 1 aliphatic rings. The van der Waals surface area contributed by atoms with Gasteiger partial charge in [0, 0.05) is 37.3 Å². The summed E-state index contributed by atoms with van der Waals surface area (Å²) >= 11 is 0. The van der Waals surface area contributed by atoms with Crippen LogP contribution in [-0.4, -0.2) is 62.5 Å². The van der Waals surface area contributed by atoms with Crippen molar-refractivity contribution < 1.29 is 9.53 Å². The Kier molecular flexibility index (Phi) is 5.28. The summed E-state index contributed by atoms with van der Waals surface area (Å²) in [5.41, 5.74) is 2.76. The highest BCUT2D eigenvalue weighted by molar-refractivity contribution is 5.99. The number of hydrogen-bond donors (Lipinski definition) is 0. The largest absolute Gasteiger partial charge is 0.496 e. The van der Waals surface area contributed by atoms with Gasteiger partial charge in [-0.3, -0.25) is 9.69 Å². The zero-order valence-corrected chi connectivity index (χ0v) is 14.4. The fourth-order valence-electron chi connectivity index (χ4n) is 3.03. The van der Waals surface area contributed by atoms with Crippen LogP contribution < -0.4 is 4.74 Å². The van der Waals surface area contributed by atoms with Crippen LogP contribution in [0.4, 0.5) is 0 Å². The zero-order chi connectivity index (χ0) is 16.9. The number of Topliss-reactive ketones (excluding diaryl/α,β-unsaturated/α-hetero) is 1. The van der Waals surface area contributed by atoms with Gasteiger partial charge in [0.15, 0.2) is 5.78 Å². The Labute approximate surface area is 143 Å². The molecule has 0 amide bonds. The lowest BCUT2D eigenvalue weighted by molar-refractivity contribution is 0.0876. The lowest BCUT2D eigenvalue weighted by Crippen LogP contribution is -2.46. The number of nitrogens with zero attached hydrogens (tertiary/aromatic N) is 2. The van der Waals surface area contributed by atoms with Crippen molar-refractivity contribution in [2.24, 2.45) is 0 Å².